The number of hydrogen-bond donors (Lipinski definition) is 0. The Morgan fingerprint density at radius 2 is 1.62 bits per heavy atom. The third-order valence-corrected chi connectivity index (χ3v) is 6.27. The quantitative estimate of drug-likeness (QED) is 0.472. The largest absolute Gasteiger partial charge is 0.488 e. The molecule has 2 fully saturated rings. The van der Waals surface area contributed by atoms with E-state index < -0.39 is 11.7 Å². The standard InChI is InChI=1S/C25H26F3N5O/c1-17-30-14-21(15-31-17)32-12-9-20(10-13-32)33(19-4-2-18(3-5-19)25(26,27)28)23-16-29-11-8-24(23)34-22-6-7-22/h2-5,8,11,14-16,20,22H,6-7,9-10,12-13H2,1H3. The van der Waals surface area contributed by atoms with Gasteiger partial charge < -0.3 is 14.5 Å². The number of benzene rings is 1. The highest BCUT2D eigenvalue weighted by molar-refractivity contribution is 5.69. The number of ether oxygens (including phenoxy) is 1. The Morgan fingerprint density at radius 3 is 2.24 bits per heavy atom. The van der Waals surface area contributed by atoms with E-state index in [1.165, 1.54) is 12.1 Å². The van der Waals surface area contributed by atoms with Gasteiger partial charge in [0.1, 0.15) is 17.3 Å². The van der Waals surface area contributed by atoms with Gasteiger partial charge in [-0.25, -0.2) is 9.97 Å². The van der Waals surface area contributed by atoms with Crippen molar-refractivity contribution in [2.75, 3.05) is 22.9 Å². The number of halogens is 3. The number of pyridine rings is 1. The number of nitrogens with zero attached hydrogens (tertiary/aromatic N) is 5. The Morgan fingerprint density at radius 1 is 0.941 bits per heavy atom. The summed E-state index contributed by atoms with van der Waals surface area (Å²) in [6.07, 6.45) is 6.57. The van der Waals surface area contributed by atoms with E-state index in [0.29, 0.717) is 11.4 Å². The van der Waals surface area contributed by atoms with Crippen LogP contribution in [0, 0.1) is 6.92 Å². The molecule has 34 heavy (non-hydrogen) atoms. The van der Waals surface area contributed by atoms with E-state index in [2.05, 4.69) is 24.8 Å². The molecule has 9 heteroatoms. The van der Waals surface area contributed by atoms with Gasteiger partial charge in [-0.2, -0.15) is 13.2 Å². The van der Waals surface area contributed by atoms with Gasteiger partial charge in [0.05, 0.1) is 35.9 Å². The fourth-order valence-corrected chi connectivity index (χ4v) is 4.31. The number of alkyl halides is 3. The summed E-state index contributed by atoms with van der Waals surface area (Å²) in [5.41, 5.74) is 1.79. The molecule has 5 rings (SSSR count). The van der Waals surface area contributed by atoms with E-state index in [9.17, 15) is 13.2 Å². The molecule has 1 saturated carbocycles. The second-order valence-corrected chi connectivity index (χ2v) is 8.78. The van der Waals surface area contributed by atoms with Crippen LogP contribution in [-0.2, 0) is 6.18 Å². The van der Waals surface area contributed by atoms with Gasteiger partial charge in [0.2, 0.25) is 0 Å². The Labute approximate surface area is 196 Å². The molecule has 1 aliphatic heterocycles. The van der Waals surface area contributed by atoms with E-state index in [-0.39, 0.29) is 12.1 Å². The molecule has 0 spiro atoms. The lowest BCUT2D eigenvalue weighted by Gasteiger charge is -2.40. The zero-order valence-corrected chi connectivity index (χ0v) is 18.9. The first-order valence-electron chi connectivity index (χ1n) is 11.5. The van der Waals surface area contributed by atoms with Crippen molar-refractivity contribution in [3.8, 4) is 5.75 Å². The Bertz CT molecular complexity index is 1110. The minimum absolute atomic E-state index is 0.0742. The second kappa shape index (κ2) is 9.12. The van der Waals surface area contributed by atoms with Crippen molar-refractivity contribution < 1.29 is 17.9 Å². The number of anilines is 3. The maximum atomic E-state index is 13.2. The summed E-state index contributed by atoms with van der Waals surface area (Å²) >= 11 is 0. The highest BCUT2D eigenvalue weighted by Gasteiger charge is 2.33. The molecule has 0 atom stereocenters. The van der Waals surface area contributed by atoms with Crippen molar-refractivity contribution in [2.24, 2.45) is 0 Å². The molecule has 0 unspecified atom stereocenters. The summed E-state index contributed by atoms with van der Waals surface area (Å²) in [6, 6.07) is 7.26. The van der Waals surface area contributed by atoms with E-state index >= 15 is 0 Å². The van der Waals surface area contributed by atoms with Crippen LogP contribution in [0.25, 0.3) is 0 Å². The Hall–Kier alpha value is -3.36. The van der Waals surface area contributed by atoms with Crippen molar-refractivity contribution in [1.82, 2.24) is 15.0 Å². The summed E-state index contributed by atoms with van der Waals surface area (Å²) in [5.74, 6) is 1.44. The summed E-state index contributed by atoms with van der Waals surface area (Å²) < 4.78 is 45.7. The molecule has 3 heterocycles. The van der Waals surface area contributed by atoms with Crippen LogP contribution >= 0.6 is 0 Å². The zero-order chi connectivity index (χ0) is 23.7. The number of hydrogen-bond acceptors (Lipinski definition) is 6. The fraction of sp³-hybridized carbons (Fsp3) is 0.400. The molecule has 1 aliphatic carbocycles. The van der Waals surface area contributed by atoms with Crippen LogP contribution in [-0.4, -0.2) is 40.2 Å². The molecule has 0 N–H and O–H groups in total. The first-order chi connectivity index (χ1) is 16.4. The van der Waals surface area contributed by atoms with Gasteiger partial charge in [-0.05, 0) is 56.9 Å². The van der Waals surface area contributed by atoms with Gasteiger partial charge in [-0.3, -0.25) is 4.98 Å². The van der Waals surface area contributed by atoms with Gasteiger partial charge in [-0.15, -0.1) is 0 Å². The molecule has 0 radical (unpaired) electrons. The molecule has 0 bridgehead atoms. The minimum atomic E-state index is -4.38. The smallest absolute Gasteiger partial charge is 0.416 e. The number of aryl methyl sites for hydroxylation is 1. The Balaban J connectivity index is 1.44. The molecule has 1 saturated heterocycles. The molecule has 1 aromatic carbocycles. The van der Waals surface area contributed by atoms with Crippen LogP contribution in [0.4, 0.5) is 30.2 Å². The van der Waals surface area contributed by atoms with Crippen LogP contribution in [0.2, 0.25) is 0 Å². The maximum Gasteiger partial charge on any atom is 0.416 e. The number of aromatic nitrogens is 3. The predicted octanol–water partition coefficient (Wildman–Crippen LogP) is 5.55. The molecule has 178 valence electrons. The monoisotopic (exact) mass is 469 g/mol. The van der Waals surface area contributed by atoms with E-state index in [1.807, 2.05) is 25.4 Å². The van der Waals surface area contributed by atoms with Crippen molar-refractivity contribution in [3.05, 3.63) is 66.5 Å². The molecule has 2 aromatic heterocycles. The second-order valence-electron chi connectivity index (χ2n) is 8.78. The van der Waals surface area contributed by atoms with Crippen LogP contribution in [0.3, 0.4) is 0 Å². The predicted molar refractivity (Wildman–Crippen MR) is 123 cm³/mol. The summed E-state index contributed by atoms with van der Waals surface area (Å²) in [5, 5.41) is 0. The van der Waals surface area contributed by atoms with Crippen molar-refractivity contribution in [2.45, 2.75) is 50.9 Å². The summed E-state index contributed by atoms with van der Waals surface area (Å²) in [6.45, 7) is 3.42. The highest BCUT2D eigenvalue weighted by atomic mass is 19.4. The molecule has 6 nitrogen and oxygen atoms in total. The van der Waals surface area contributed by atoms with E-state index in [0.717, 1.165) is 68.1 Å². The van der Waals surface area contributed by atoms with Gasteiger partial charge in [-0.1, -0.05) is 0 Å². The first kappa shape index (κ1) is 22.4. The van der Waals surface area contributed by atoms with Crippen molar-refractivity contribution in [3.63, 3.8) is 0 Å². The summed E-state index contributed by atoms with van der Waals surface area (Å²) in [4.78, 5) is 17.2. The Kier molecular flexibility index (Phi) is 6.02. The van der Waals surface area contributed by atoms with Gasteiger partial charge in [0, 0.05) is 37.1 Å². The lowest BCUT2D eigenvalue weighted by molar-refractivity contribution is -0.137. The number of piperidine rings is 1. The van der Waals surface area contributed by atoms with Gasteiger partial charge in [0.25, 0.3) is 0 Å². The average Bonchev–Trinajstić information content (AvgIpc) is 3.65. The SMILES string of the molecule is Cc1ncc(N2CCC(N(c3ccc(C(F)(F)F)cc3)c3cnccc3OC3CC3)CC2)cn1. The van der Waals surface area contributed by atoms with Crippen molar-refractivity contribution in [1.29, 1.82) is 0 Å². The molecule has 0 amide bonds. The van der Waals surface area contributed by atoms with E-state index in [1.54, 1.807) is 12.4 Å². The lowest BCUT2D eigenvalue weighted by atomic mass is 10.0. The third kappa shape index (κ3) is 4.93. The average molecular weight is 470 g/mol. The highest BCUT2D eigenvalue weighted by Crippen LogP contribution is 2.41. The zero-order valence-electron chi connectivity index (χ0n) is 18.9. The third-order valence-electron chi connectivity index (χ3n) is 6.27. The normalized spacial score (nSPS) is 17.0. The van der Waals surface area contributed by atoms with Crippen LogP contribution in [0.15, 0.2) is 55.1 Å². The van der Waals surface area contributed by atoms with E-state index in [4.69, 9.17) is 4.74 Å². The molecule has 3 aromatic rings. The van der Waals surface area contributed by atoms with Crippen LogP contribution in [0.1, 0.15) is 37.1 Å². The van der Waals surface area contributed by atoms with Crippen molar-refractivity contribution >= 4 is 17.1 Å². The lowest BCUT2D eigenvalue weighted by Crippen LogP contribution is -2.43. The van der Waals surface area contributed by atoms with Gasteiger partial charge in [0.15, 0.2) is 0 Å². The first-order valence-corrected chi connectivity index (χ1v) is 11.5. The number of rotatable bonds is 6. The fourth-order valence-electron chi connectivity index (χ4n) is 4.31. The molecule has 2 aliphatic rings. The topological polar surface area (TPSA) is 54.4 Å². The van der Waals surface area contributed by atoms with Crippen LogP contribution < -0.4 is 14.5 Å². The van der Waals surface area contributed by atoms with Crippen LogP contribution in [0.5, 0.6) is 5.75 Å². The summed E-state index contributed by atoms with van der Waals surface area (Å²) in [7, 11) is 0. The minimum Gasteiger partial charge on any atom is -0.488 e. The van der Waals surface area contributed by atoms with Gasteiger partial charge >= 0.3 is 6.18 Å². The molecular formula is C25H26F3N5O. The molecular weight excluding hydrogens is 443 g/mol. The maximum absolute atomic E-state index is 13.2.